The Hall–Kier alpha value is -2.85. The van der Waals surface area contributed by atoms with Crippen LogP contribution in [0.25, 0.3) is 0 Å². The van der Waals surface area contributed by atoms with Gasteiger partial charge in [-0.3, -0.25) is 14.9 Å². The summed E-state index contributed by atoms with van der Waals surface area (Å²) in [6.07, 6.45) is 3.46. The van der Waals surface area contributed by atoms with Crippen molar-refractivity contribution in [2.75, 3.05) is 5.32 Å². The molecule has 0 bridgehead atoms. The third-order valence-electron chi connectivity index (χ3n) is 4.49. The zero-order valence-electron chi connectivity index (χ0n) is 14.7. The normalized spacial score (nSPS) is 14.8. The number of carbonyl (C=O) groups excluding carboxylic acids is 1. The Bertz CT molecular complexity index is 1020. The molecule has 0 unspecified atom stereocenters. The van der Waals surface area contributed by atoms with Crippen molar-refractivity contribution < 1.29 is 22.5 Å². The van der Waals surface area contributed by atoms with E-state index in [1.54, 1.807) is 0 Å². The highest BCUT2D eigenvalue weighted by atomic mass is 32.2. The van der Waals surface area contributed by atoms with E-state index in [1.807, 2.05) is 0 Å². The maximum Gasteiger partial charge on any atom is 0.271 e. The molecule has 0 radical (unpaired) electrons. The summed E-state index contributed by atoms with van der Waals surface area (Å²) in [5.41, 5.74) is -0.759. The number of halogens is 1. The minimum Gasteiger partial charge on any atom is -0.319 e. The predicted molar refractivity (Wildman–Crippen MR) is 100 cm³/mol. The maximum absolute atomic E-state index is 13.9. The Kier molecular flexibility index (Phi) is 5.71. The van der Waals surface area contributed by atoms with Crippen LogP contribution in [0.5, 0.6) is 0 Å². The lowest BCUT2D eigenvalue weighted by Crippen LogP contribution is -2.32. The van der Waals surface area contributed by atoms with Crippen LogP contribution in [0.1, 0.15) is 36.0 Å². The van der Waals surface area contributed by atoms with Gasteiger partial charge in [0.2, 0.25) is 10.0 Å². The van der Waals surface area contributed by atoms with Gasteiger partial charge in [-0.05, 0) is 37.1 Å². The van der Waals surface area contributed by atoms with E-state index in [4.69, 9.17) is 0 Å². The largest absolute Gasteiger partial charge is 0.319 e. The fraction of sp³-hybridized carbons (Fsp3) is 0.278. The number of benzene rings is 2. The molecular weight excluding hydrogens is 389 g/mol. The summed E-state index contributed by atoms with van der Waals surface area (Å²) in [5, 5.41) is 13.1. The SMILES string of the molecule is O=C(Nc1cc([N+](=O)[O-])ccc1F)c1cccc(S(=O)(=O)NC2CCCC2)c1. The molecule has 8 nitrogen and oxygen atoms in total. The molecule has 1 amide bonds. The van der Waals surface area contributed by atoms with E-state index in [0.717, 1.165) is 43.9 Å². The van der Waals surface area contributed by atoms with Crippen molar-refractivity contribution in [2.24, 2.45) is 0 Å². The molecule has 148 valence electrons. The van der Waals surface area contributed by atoms with Crippen LogP contribution in [0, 0.1) is 15.9 Å². The van der Waals surface area contributed by atoms with Gasteiger partial charge in [0.25, 0.3) is 11.6 Å². The van der Waals surface area contributed by atoms with E-state index in [-0.39, 0.29) is 27.9 Å². The van der Waals surface area contributed by atoms with E-state index in [2.05, 4.69) is 10.0 Å². The molecule has 0 aliphatic heterocycles. The van der Waals surface area contributed by atoms with Crippen LogP contribution in [-0.4, -0.2) is 25.3 Å². The van der Waals surface area contributed by atoms with Crippen molar-refractivity contribution in [3.05, 3.63) is 64.0 Å². The first-order valence-corrected chi connectivity index (χ1v) is 10.1. The number of nitro groups is 1. The molecule has 10 heteroatoms. The van der Waals surface area contributed by atoms with Crippen molar-refractivity contribution in [3.63, 3.8) is 0 Å². The van der Waals surface area contributed by atoms with Crippen LogP contribution >= 0.6 is 0 Å². The maximum atomic E-state index is 13.9. The Morgan fingerprint density at radius 2 is 1.86 bits per heavy atom. The van der Waals surface area contributed by atoms with E-state index in [9.17, 15) is 27.7 Å². The summed E-state index contributed by atoms with van der Waals surface area (Å²) in [6, 6.07) is 7.95. The minimum atomic E-state index is -3.79. The number of carbonyl (C=O) groups is 1. The molecule has 1 aliphatic rings. The molecule has 0 saturated heterocycles. The fourth-order valence-electron chi connectivity index (χ4n) is 3.05. The average Bonchev–Trinajstić information content (AvgIpc) is 3.15. The summed E-state index contributed by atoms with van der Waals surface area (Å²) in [6.45, 7) is 0. The molecule has 1 saturated carbocycles. The monoisotopic (exact) mass is 407 g/mol. The van der Waals surface area contributed by atoms with Gasteiger partial charge in [-0.1, -0.05) is 18.9 Å². The quantitative estimate of drug-likeness (QED) is 0.563. The molecule has 28 heavy (non-hydrogen) atoms. The smallest absolute Gasteiger partial charge is 0.271 e. The molecule has 2 N–H and O–H groups in total. The third kappa shape index (κ3) is 4.52. The Labute approximate surface area is 161 Å². The van der Waals surface area contributed by atoms with Gasteiger partial charge in [0.1, 0.15) is 5.82 Å². The standard InChI is InChI=1S/C18H18FN3O5S/c19-16-9-8-14(22(24)25)11-17(16)20-18(23)12-4-3-7-15(10-12)28(26,27)21-13-5-1-2-6-13/h3-4,7-11,13,21H,1-2,5-6H2,(H,20,23). The van der Waals surface area contributed by atoms with Gasteiger partial charge < -0.3 is 5.32 Å². The number of amides is 1. The second kappa shape index (κ2) is 8.03. The average molecular weight is 407 g/mol. The van der Waals surface area contributed by atoms with Crippen LogP contribution in [0.15, 0.2) is 47.4 Å². The predicted octanol–water partition coefficient (Wildman–Crippen LogP) is 3.21. The van der Waals surface area contributed by atoms with E-state index in [1.165, 1.54) is 24.3 Å². The second-order valence-corrected chi connectivity index (χ2v) is 8.22. The first kappa shape index (κ1) is 19.9. The third-order valence-corrected chi connectivity index (χ3v) is 6.01. The lowest BCUT2D eigenvalue weighted by molar-refractivity contribution is -0.384. The number of nitrogens with one attached hydrogen (secondary N) is 2. The molecule has 0 aromatic heterocycles. The topological polar surface area (TPSA) is 118 Å². The minimum absolute atomic E-state index is 0.0137. The zero-order chi connectivity index (χ0) is 20.3. The first-order valence-electron chi connectivity index (χ1n) is 8.64. The van der Waals surface area contributed by atoms with Gasteiger partial charge in [-0.2, -0.15) is 0 Å². The summed E-state index contributed by atoms with van der Waals surface area (Å²) in [5.74, 6) is -1.62. The number of sulfonamides is 1. The molecule has 0 spiro atoms. The Morgan fingerprint density at radius 1 is 1.14 bits per heavy atom. The zero-order valence-corrected chi connectivity index (χ0v) is 15.5. The van der Waals surface area contributed by atoms with Crippen LogP contribution in [0.3, 0.4) is 0 Å². The second-order valence-electron chi connectivity index (χ2n) is 6.51. The van der Waals surface area contributed by atoms with Gasteiger partial charge >= 0.3 is 0 Å². The van der Waals surface area contributed by atoms with Gasteiger partial charge in [-0.25, -0.2) is 17.5 Å². The van der Waals surface area contributed by atoms with Crippen molar-refractivity contribution in [1.29, 1.82) is 0 Å². The van der Waals surface area contributed by atoms with Crippen molar-refractivity contribution in [1.82, 2.24) is 4.72 Å². The Balaban J connectivity index is 1.81. The van der Waals surface area contributed by atoms with Gasteiger partial charge in [-0.15, -0.1) is 0 Å². The van der Waals surface area contributed by atoms with Crippen molar-refractivity contribution in [3.8, 4) is 0 Å². The van der Waals surface area contributed by atoms with Crippen LogP contribution in [0.2, 0.25) is 0 Å². The first-order chi connectivity index (χ1) is 13.3. The molecule has 0 heterocycles. The summed E-state index contributed by atoms with van der Waals surface area (Å²) >= 11 is 0. The van der Waals surface area contributed by atoms with E-state index < -0.39 is 26.7 Å². The van der Waals surface area contributed by atoms with Crippen LogP contribution < -0.4 is 10.0 Å². The summed E-state index contributed by atoms with van der Waals surface area (Å²) in [7, 11) is -3.79. The molecule has 1 aliphatic carbocycles. The number of rotatable bonds is 6. The fourth-order valence-corrected chi connectivity index (χ4v) is 4.40. The van der Waals surface area contributed by atoms with Crippen LogP contribution in [-0.2, 0) is 10.0 Å². The molecule has 3 rings (SSSR count). The van der Waals surface area contributed by atoms with Gasteiger partial charge in [0.15, 0.2) is 0 Å². The highest BCUT2D eigenvalue weighted by Gasteiger charge is 2.24. The van der Waals surface area contributed by atoms with Gasteiger partial charge in [0, 0.05) is 23.7 Å². The molecule has 0 atom stereocenters. The molecule has 2 aromatic carbocycles. The van der Waals surface area contributed by atoms with E-state index in [0.29, 0.717) is 0 Å². The number of nitrogens with zero attached hydrogens (tertiary/aromatic N) is 1. The lowest BCUT2D eigenvalue weighted by atomic mass is 10.2. The number of hydrogen-bond donors (Lipinski definition) is 2. The molecular formula is C18H18FN3O5S. The summed E-state index contributed by atoms with van der Waals surface area (Å²) < 4.78 is 41.5. The van der Waals surface area contributed by atoms with Crippen molar-refractivity contribution >= 4 is 27.3 Å². The highest BCUT2D eigenvalue weighted by Crippen LogP contribution is 2.23. The molecule has 1 fully saturated rings. The Morgan fingerprint density at radius 3 is 2.54 bits per heavy atom. The number of hydrogen-bond acceptors (Lipinski definition) is 5. The lowest BCUT2D eigenvalue weighted by Gasteiger charge is -2.13. The van der Waals surface area contributed by atoms with Gasteiger partial charge in [0.05, 0.1) is 15.5 Å². The number of anilines is 1. The number of non-ortho nitro benzene ring substituents is 1. The van der Waals surface area contributed by atoms with E-state index >= 15 is 0 Å². The molecule has 2 aromatic rings. The van der Waals surface area contributed by atoms with Crippen LogP contribution in [0.4, 0.5) is 15.8 Å². The summed E-state index contributed by atoms with van der Waals surface area (Å²) in [4.78, 5) is 22.4. The number of nitro benzene ring substituents is 1. The van der Waals surface area contributed by atoms with Crippen molar-refractivity contribution in [2.45, 2.75) is 36.6 Å². The highest BCUT2D eigenvalue weighted by molar-refractivity contribution is 7.89.